The molecule has 0 saturated carbocycles. The Morgan fingerprint density at radius 1 is 1.12 bits per heavy atom. The second-order valence-electron chi connectivity index (χ2n) is 7.76. The number of aliphatic hydroxyl groups excluding tert-OH is 1. The van der Waals surface area contributed by atoms with Gasteiger partial charge in [-0.05, 0) is 42.8 Å². The summed E-state index contributed by atoms with van der Waals surface area (Å²) in [5, 5.41) is 19.4. The van der Waals surface area contributed by atoms with Gasteiger partial charge in [-0.2, -0.15) is 4.31 Å². The van der Waals surface area contributed by atoms with E-state index in [1.54, 1.807) is 18.2 Å². The Kier molecular flexibility index (Phi) is 5.52. The highest BCUT2D eigenvalue weighted by molar-refractivity contribution is 7.89. The first-order valence-corrected chi connectivity index (χ1v) is 11.9. The maximum absolute atomic E-state index is 12.4. The molecule has 0 aliphatic carbocycles. The van der Waals surface area contributed by atoms with Crippen LogP contribution in [0.15, 0.2) is 58.7 Å². The molecule has 1 fully saturated rings. The minimum absolute atomic E-state index is 0.00149. The highest BCUT2D eigenvalue weighted by atomic mass is 32.2. The average Bonchev–Trinajstić information content (AvgIpc) is 3.42. The second-order valence-corrected chi connectivity index (χ2v) is 9.65. The molecule has 2 aliphatic rings. The van der Waals surface area contributed by atoms with Gasteiger partial charge in [-0.1, -0.05) is 0 Å². The van der Waals surface area contributed by atoms with Crippen LogP contribution in [-0.2, 0) is 14.8 Å². The number of phenols is 1. The van der Waals surface area contributed by atoms with Crippen LogP contribution in [0, 0.1) is 0 Å². The molecule has 33 heavy (non-hydrogen) atoms. The van der Waals surface area contributed by atoms with Crippen LogP contribution >= 0.6 is 0 Å². The van der Waals surface area contributed by atoms with Crippen LogP contribution in [0.1, 0.15) is 12.1 Å². The largest absolute Gasteiger partial charge is 0.508 e. The fraction of sp³-hybridized carbons (Fsp3) is 0.273. The fourth-order valence-electron chi connectivity index (χ4n) is 3.52. The first-order valence-electron chi connectivity index (χ1n) is 10.4. The molecule has 0 spiro atoms. The van der Waals surface area contributed by atoms with Gasteiger partial charge < -0.3 is 24.7 Å². The number of aromatic amines is 1. The lowest BCUT2D eigenvalue weighted by Gasteiger charge is -2.29. The third-order valence-electron chi connectivity index (χ3n) is 5.40. The number of pyridine rings is 1. The fourth-order valence-corrected chi connectivity index (χ4v) is 4.95. The number of nitrogens with one attached hydrogen (secondary N) is 1. The Morgan fingerprint density at radius 3 is 2.61 bits per heavy atom. The van der Waals surface area contributed by atoms with E-state index in [4.69, 9.17) is 9.47 Å². The Bertz CT molecular complexity index is 1300. The molecule has 3 aromatic rings. The zero-order chi connectivity index (χ0) is 23.0. The molecule has 172 valence electrons. The van der Waals surface area contributed by atoms with Crippen molar-refractivity contribution in [3.63, 3.8) is 0 Å². The SMILES string of the molecule is O=S(=O)(c1ccc(Oc2cc(O)cc(-c3ccc(C4=NCC(CO)O4)[nH]3)c2)cn1)N1CCC1. The summed E-state index contributed by atoms with van der Waals surface area (Å²) >= 11 is 0. The summed E-state index contributed by atoms with van der Waals surface area (Å²) in [7, 11) is -3.56. The molecule has 3 N–H and O–H groups in total. The van der Waals surface area contributed by atoms with Crippen LogP contribution in [0.4, 0.5) is 0 Å². The lowest BCUT2D eigenvalue weighted by molar-refractivity contribution is 0.130. The number of H-pyrrole nitrogens is 1. The number of ether oxygens (including phenoxy) is 2. The number of benzene rings is 1. The minimum Gasteiger partial charge on any atom is -0.508 e. The molecule has 0 amide bonds. The molecule has 2 aromatic heterocycles. The Hall–Kier alpha value is -3.41. The van der Waals surface area contributed by atoms with E-state index in [0.717, 1.165) is 6.42 Å². The van der Waals surface area contributed by atoms with E-state index in [-0.39, 0.29) is 23.5 Å². The molecule has 0 bridgehead atoms. The molecule has 1 atom stereocenters. The normalized spacial score (nSPS) is 18.5. The molecule has 1 unspecified atom stereocenters. The molecular weight excluding hydrogens is 448 g/mol. The Morgan fingerprint density at radius 2 is 1.94 bits per heavy atom. The average molecular weight is 471 g/mol. The van der Waals surface area contributed by atoms with Crippen molar-refractivity contribution in [2.45, 2.75) is 17.6 Å². The van der Waals surface area contributed by atoms with E-state index < -0.39 is 10.0 Å². The van der Waals surface area contributed by atoms with Gasteiger partial charge in [-0.25, -0.2) is 18.4 Å². The zero-order valence-corrected chi connectivity index (χ0v) is 18.3. The predicted molar refractivity (Wildman–Crippen MR) is 119 cm³/mol. The number of rotatable bonds is 7. The Labute approximate surface area is 190 Å². The first kappa shape index (κ1) is 21.4. The molecule has 10 nitrogen and oxygen atoms in total. The summed E-state index contributed by atoms with van der Waals surface area (Å²) in [5.74, 6) is 1.12. The molecule has 1 aromatic carbocycles. The third kappa shape index (κ3) is 4.30. The van der Waals surface area contributed by atoms with Gasteiger partial charge in [0.2, 0.25) is 5.90 Å². The van der Waals surface area contributed by atoms with E-state index in [9.17, 15) is 18.6 Å². The maximum atomic E-state index is 12.4. The number of aliphatic hydroxyl groups is 1. The van der Waals surface area contributed by atoms with Crippen molar-refractivity contribution in [1.29, 1.82) is 0 Å². The van der Waals surface area contributed by atoms with Crippen LogP contribution in [0.25, 0.3) is 11.3 Å². The lowest BCUT2D eigenvalue weighted by atomic mass is 10.1. The summed E-state index contributed by atoms with van der Waals surface area (Å²) in [6.45, 7) is 1.32. The van der Waals surface area contributed by atoms with Gasteiger partial charge in [-0.15, -0.1) is 0 Å². The van der Waals surface area contributed by atoms with E-state index in [0.29, 0.717) is 54.0 Å². The topological polar surface area (TPSA) is 137 Å². The number of aliphatic imine (C=N–C) groups is 1. The van der Waals surface area contributed by atoms with Crippen molar-refractivity contribution in [2.75, 3.05) is 26.2 Å². The molecule has 11 heteroatoms. The summed E-state index contributed by atoms with van der Waals surface area (Å²) in [6, 6.07) is 11.3. The number of sulfonamides is 1. The van der Waals surface area contributed by atoms with Gasteiger partial charge in [0.25, 0.3) is 10.0 Å². The monoisotopic (exact) mass is 470 g/mol. The minimum atomic E-state index is -3.56. The number of aromatic nitrogens is 2. The van der Waals surface area contributed by atoms with Crippen molar-refractivity contribution >= 4 is 15.9 Å². The second kappa shape index (κ2) is 8.50. The van der Waals surface area contributed by atoms with Crippen molar-refractivity contribution in [3.8, 4) is 28.5 Å². The number of aromatic hydroxyl groups is 1. The molecule has 4 heterocycles. The van der Waals surface area contributed by atoms with Crippen LogP contribution in [0.5, 0.6) is 17.2 Å². The van der Waals surface area contributed by atoms with Gasteiger partial charge in [0.15, 0.2) is 5.03 Å². The van der Waals surface area contributed by atoms with Gasteiger partial charge in [-0.3, -0.25) is 0 Å². The molecule has 0 radical (unpaired) electrons. The van der Waals surface area contributed by atoms with Crippen molar-refractivity contribution in [2.24, 2.45) is 4.99 Å². The summed E-state index contributed by atoms with van der Waals surface area (Å²) < 4.78 is 37.6. The smallest absolute Gasteiger partial charge is 0.260 e. The van der Waals surface area contributed by atoms with Gasteiger partial charge in [0.1, 0.15) is 29.0 Å². The maximum Gasteiger partial charge on any atom is 0.260 e. The Balaban J connectivity index is 1.33. The number of hydrogen-bond acceptors (Lipinski definition) is 8. The highest BCUT2D eigenvalue weighted by Crippen LogP contribution is 2.32. The summed E-state index contributed by atoms with van der Waals surface area (Å²) in [5.41, 5.74) is 2.03. The first-order chi connectivity index (χ1) is 15.9. The standard InChI is InChI=1S/C22H22N4O6S/c27-13-18-12-24-22(32-18)20-4-3-19(25-20)14-8-15(28)10-17(9-14)31-16-2-5-21(23-11-16)33(29,30)26-6-1-7-26/h2-5,8-11,18,25,27-28H,1,6-7,12-13H2. The molecular formula is C22H22N4O6S. The summed E-state index contributed by atoms with van der Waals surface area (Å²) in [4.78, 5) is 11.5. The van der Waals surface area contributed by atoms with Gasteiger partial charge in [0, 0.05) is 30.4 Å². The number of phenolic OH excluding ortho intramolecular Hbond substituents is 1. The number of hydrogen-bond donors (Lipinski definition) is 3. The van der Waals surface area contributed by atoms with Gasteiger partial charge in [0.05, 0.1) is 19.3 Å². The number of nitrogens with zero attached hydrogens (tertiary/aromatic N) is 3. The quantitative estimate of drug-likeness (QED) is 0.481. The highest BCUT2D eigenvalue weighted by Gasteiger charge is 2.30. The third-order valence-corrected chi connectivity index (χ3v) is 7.22. The van der Waals surface area contributed by atoms with E-state index >= 15 is 0 Å². The van der Waals surface area contributed by atoms with Crippen molar-refractivity contribution in [1.82, 2.24) is 14.3 Å². The van der Waals surface area contributed by atoms with Crippen LogP contribution in [0.3, 0.4) is 0 Å². The van der Waals surface area contributed by atoms with Crippen molar-refractivity contribution in [3.05, 3.63) is 54.4 Å². The van der Waals surface area contributed by atoms with Gasteiger partial charge >= 0.3 is 0 Å². The van der Waals surface area contributed by atoms with Crippen LogP contribution < -0.4 is 4.74 Å². The molecule has 5 rings (SSSR count). The summed E-state index contributed by atoms with van der Waals surface area (Å²) in [6.07, 6.45) is 1.86. The predicted octanol–water partition coefficient (Wildman–Crippen LogP) is 2.11. The molecule has 1 saturated heterocycles. The zero-order valence-electron chi connectivity index (χ0n) is 17.5. The van der Waals surface area contributed by atoms with Crippen LogP contribution in [-0.4, -0.2) is 71.1 Å². The van der Waals surface area contributed by atoms with Crippen LogP contribution in [0.2, 0.25) is 0 Å². The van der Waals surface area contributed by atoms with E-state index in [1.807, 2.05) is 6.07 Å². The lowest BCUT2D eigenvalue weighted by Crippen LogP contribution is -2.42. The molecule has 2 aliphatic heterocycles. The van der Waals surface area contributed by atoms with E-state index in [1.165, 1.54) is 28.7 Å². The van der Waals surface area contributed by atoms with E-state index in [2.05, 4.69) is 15.0 Å². The van der Waals surface area contributed by atoms with Crippen molar-refractivity contribution < 1.29 is 28.1 Å².